The fraction of sp³-hybridized carbons (Fsp3) is 0.278. The Morgan fingerprint density at radius 2 is 1.87 bits per heavy atom. The quantitative estimate of drug-likeness (QED) is 0.860. The number of benzene rings is 2. The number of hydrogen-bond donors (Lipinski definition) is 2. The third kappa shape index (κ3) is 4.86. The van der Waals surface area contributed by atoms with Crippen molar-refractivity contribution >= 4 is 5.91 Å². The minimum atomic E-state index is -1.27. The number of carbonyl (C=O) groups excluding carboxylic acids is 1. The van der Waals surface area contributed by atoms with Crippen LogP contribution in [0, 0.1) is 11.6 Å². The van der Waals surface area contributed by atoms with Gasteiger partial charge in [-0.3, -0.25) is 4.79 Å². The number of nitrogens with one attached hydrogen (secondary N) is 1. The molecule has 0 spiro atoms. The Morgan fingerprint density at radius 3 is 2.52 bits per heavy atom. The molecule has 5 heteroatoms. The lowest BCUT2D eigenvalue weighted by Crippen LogP contribution is -2.33. The van der Waals surface area contributed by atoms with Gasteiger partial charge in [-0.2, -0.15) is 0 Å². The van der Waals surface area contributed by atoms with Gasteiger partial charge in [0.2, 0.25) is 5.91 Å². The highest BCUT2D eigenvalue weighted by atomic mass is 19.1. The van der Waals surface area contributed by atoms with Gasteiger partial charge >= 0.3 is 0 Å². The van der Waals surface area contributed by atoms with Crippen LogP contribution >= 0.6 is 0 Å². The first kappa shape index (κ1) is 17.1. The summed E-state index contributed by atoms with van der Waals surface area (Å²) in [5, 5.41) is 13.0. The molecule has 122 valence electrons. The van der Waals surface area contributed by atoms with E-state index in [4.69, 9.17) is 0 Å². The van der Waals surface area contributed by atoms with Gasteiger partial charge in [-0.1, -0.05) is 36.4 Å². The average Bonchev–Trinajstić information content (AvgIpc) is 2.50. The zero-order valence-electron chi connectivity index (χ0n) is 12.9. The lowest BCUT2D eigenvalue weighted by molar-refractivity contribution is -0.125. The molecule has 1 amide bonds. The molecule has 0 radical (unpaired) electrons. The summed E-state index contributed by atoms with van der Waals surface area (Å²) in [5.41, 5.74) is -0.284. The van der Waals surface area contributed by atoms with Crippen LogP contribution in [0.1, 0.15) is 24.5 Å². The molecule has 0 aliphatic heterocycles. The molecule has 1 atom stereocenters. The van der Waals surface area contributed by atoms with Gasteiger partial charge in [-0.05, 0) is 30.5 Å². The Kier molecular flexibility index (Phi) is 5.45. The predicted octanol–water partition coefficient (Wildman–Crippen LogP) is 2.92. The number of carbonyl (C=O) groups is 1. The molecule has 0 aliphatic rings. The van der Waals surface area contributed by atoms with Gasteiger partial charge in [0, 0.05) is 12.6 Å². The van der Waals surface area contributed by atoms with Crippen LogP contribution in [0.4, 0.5) is 8.78 Å². The zero-order valence-corrected chi connectivity index (χ0v) is 12.9. The molecule has 0 bridgehead atoms. The van der Waals surface area contributed by atoms with Gasteiger partial charge in [-0.25, -0.2) is 8.78 Å². The second kappa shape index (κ2) is 7.33. The first-order valence-electron chi connectivity index (χ1n) is 7.37. The number of aliphatic hydroxyl groups is 1. The number of amides is 1. The molecule has 2 rings (SSSR count). The van der Waals surface area contributed by atoms with Crippen molar-refractivity contribution in [3.05, 3.63) is 71.3 Å². The molecular weight excluding hydrogens is 300 g/mol. The average molecular weight is 319 g/mol. The Bertz CT molecular complexity index is 672. The van der Waals surface area contributed by atoms with E-state index in [1.165, 1.54) is 12.1 Å². The molecule has 2 N–H and O–H groups in total. The molecule has 2 aromatic rings. The van der Waals surface area contributed by atoms with Crippen LogP contribution < -0.4 is 5.32 Å². The van der Waals surface area contributed by atoms with E-state index in [2.05, 4.69) is 5.32 Å². The normalized spacial score (nSPS) is 13.4. The minimum absolute atomic E-state index is 0.0943. The van der Waals surface area contributed by atoms with E-state index >= 15 is 0 Å². The highest BCUT2D eigenvalue weighted by molar-refractivity contribution is 5.77. The predicted molar refractivity (Wildman–Crippen MR) is 83.7 cm³/mol. The maximum Gasteiger partial charge on any atom is 0.223 e. The van der Waals surface area contributed by atoms with Crippen LogP contribution in [0.15, 0.2) is 48.5 Å². The van der Waals surface area contributed by atoms with Crippen molar-refractivity contribution in [3.63, 3.8) is 0 Å². The first-order chi connectivity index (χ1) is 10.9. The molecule has 3 nitrogen and oxygen atoms in total. The van der Waals surface area contributed by atoms with Crippen molar-refractivity contribution in [2.45, 2.75) is 25.4 Å². The van der Waals surface area contributed by atoms with Crippen LogP contribution in [-0.4, -0.2) is 17.6 Å². The minimum Gasteiger partial charge on any atom is -0.385 e. The summed E-state index contributed by atoms with van der Waals surface area (Å²) in [6.45, 7) is 1.79. The molecule has 0 unspecified atom stereocenters. The molecular formula is C18H19F2NO2. The fourth-order valence-electron chi connectivity index (χ4n) is 2.34. The molecule has 0 aliphatic carbocycles. The molecule has 23 heavy (non-hydrogen) atoms. The Labute approximate surface area is 134 Å². The largest absolute Gasteiger partial charge is 0.385 e. The Hall–Kier alpha value is -2.27. The summed E-state index contributed by atoms with van der Waals surface area (Å²) in [6, 6.07) is 12.3. The Balaban J connectivity index is 1.85. The van der Waals surface area contributed by atoms with E-state index < -0.39 is 17.2 Å². The third-order valence-electron chi connectivity index (χ3n) is 3.63. The van der Waals surface area contributed by atoms with Crippen LogP contribution in [0.2, 0.25) is 0 Å². The van der Waals surface area contributed by atoms with Gasteiger partial charge in [0.05, 0.1) is 12.0 Å². The lowest BCUT2D eigenvalue weighted by atomic mass is 9.92. The maximum atomic E-state index is 13.5. The molecule has 0 heterocycles. The second-order valence-electron chi connectivity index (χ2n) is 5.65. The monoisotopic (exact) mass is 319 g/mol. The zero-order chi connectivity index (χ0) is 16.9. The summed E-state index contributed by atoms with van der Waals surface area (Å²) in [6.07, 6.45) is 0.161. The van der Waals surface area contributed by atoms with Gasteiger partial charge in [0.1, 0.15) is 11.6 Å². The van der Waals surface area contributed by atoms with Crippen molar-refractivity contribution in [2.75, 3.05) is 6.54 Å². The van der Waals surface area contributed by atoms with Gasteiger partial charge in [-0.15, -0.1) is 0 Å². The van der Waals surface area contributed by atoms with Crippen molar-refractivity contribution in [3.8, 4) is 0 Å². The van der Waals surface area contributed by atoms with Crippen LogP contribution in [0.5, 0.6) is 0 Å². The molecule has 2 aromatic carbocycles. The van der Waals surface area contributed by atoms with E-state index in [-0.39, 0.29) is 25.3 Å². The van der Waals surface area contributed by atoms with Gasteiger partial charge in [0.15, 0.2) is 0 Å². The summed E-state index contributed by atoms with van der Waals surface area (Å²) in [4.78, 5) is 11.9. The number of hydrogen-bond acceptors (Lipinski definition) is 2. The third-order valence-corrected chi connectivity index (χ3v) is 3.63. The van der Waals surface area contributed by atoms with Gasteiger partial charge in [0.25, 0.3) is 0 Å². The second-order valence-corrected chi connectivity index (χ2v) is 5.65. The Morgan fingerprint density at radius 1 is 1.17 bits per heavy atom. The molecule has 0 fully saturated rings. The highest BCUT2D eigenvalue weighted by Crippen LogP contribution is 2.23. The summed E-state index contributed by atoms with van der Waals surface area (Å²) >= 11 is 0. The lowest BCUT2D eigenvalue weighted by Gasteiger charge is -2.23. The molecule has 0 aromatic heterocycles. The molecule has 0 saturated heterocycles. The van der Waals surface area contributed by atoms with E-state index in [9.17, 15) is 18.7 Å². The summed E-state index contributed by atoms with van der Waals surface area (Å²) in [7, 11) is 0. The van der Waals surface area contributed by atoms with E-state index in [0.29, 0.717) is 11.1 Å². The summed E-state index contributed by atoms with van der Waals surface area (Å²) < 4.78 is 26.3. The van der Waals surface area contributed by atoms with Crippen LogP contribution in [-0.2, 0) is 16.8 Å². The number of rotatable bonds is 6. The van der Waals surface area contributed by atoms with Crippen LogP contribution in [0.25, 0.3) is 0 Å². The SMILES string of the molecule is C[C@@](O)(CC(=O)NCCc1ccc(F)cc1F)c1ccccc1. The van der Waals surface area contributed by atoms with Crippen molar-refractivity contribution in [2.24, 2.45) is 0 Å². The van der Waals surface area contributed by atoms with E-state index in [1.54, 1.807) is 31.2 Å². The number of halogens is 2. The maximum absolute atomic E-state index is 13.5. The van der Waals surface area contributed by atoms with Crippen LogP contribution in [0.3, 0.4) is 0 Å². The molecule has 0 saturated carbocycles. The van der Waals surface area contributed by atoms with Gasteiger partial charge < -0.3 is 10.4 Å². The van der Waals surface area contributed by atoms with E-state index in [1.807, 2.05) is 6.07 Å². The van der Waals surface area contributed by atoms with Crippen molar-refractivity contribution in [1.29, 1.82) is 0 Å². The topological polar surface area (TPSA) is 49.3 Å². The van der Waals surface area contributed by atoms with Crippen molar-refractivity contribution in [1.82, 2.24) is 5.32 Å². The smallest absolute Gasteiger partial charge is 0.223 e. The highest BCUT2D eigenvalue weighted by Gasteiger charge is 2.26. The van der Waals surface area contributed by atoms with Crippen molar-refractivity contribution < 1.29 is 18.7 Å². The summed E-state index contributed by atoms with van der Waals surface area (Å²) in [5.74, 6) is -1.59. The van der Waals surface area contributed by atoms with E-state index in [0.717, 1.165) is 6.07 Å². The standard InChI is InChI=1S/C18H19F2NO2/c1-18(23,14-5-3-2-4-6-14)12-17(22)21-10-9-13-7-8-15(19)11-16(13)20/h2-8,11,23H,9-10,12H2,1H3,(H,21,22)/t18-/m1/s1. The fourth-order valence-corrected chi connectivity index (χ4v) is 2.34. The first-order valence-corrected chi connectivity index (χ1v) is 7.37.